The Hall–Kier alpha value is -3.19. The molecule has 0 amide bonds. The van der Waals surface area contributed by atoms with Crippen LogP contribution in [0.4, 0.5) is 5.69 Å². The van der Waals surface area contributed by atoms with Crippen LogP contribution in [0, 0.1) is 0 Å². The number of hydrogen-bond donors (Lipinski definition) is 0. The number of benzene rings is 2. The third-order valence-corrected chi connectivity index (χ3v) is 5.27. The molecule has 0 bridgehead atoms. The monoisotopic (exact) mass is 392 g/mol. The Morgan fingerprint density at radius 3 is 2.43 bits per heavy atom. The highest BCUT2D eigenvalue weighted by Crippen LogP contribution is 2.20. The molecule has 4 aromatic rings. The minimum absolute atomic E-state index is 0.152. The zero-order valence-corrected chi connectivity index (χ0v) is 16.7. The summed E-state index contributed by atoms with van der Waals surface area (Å²) in [6.07, 6.45) is 1.87. The second-order valence-electron chi connectivity index (χ2n) is 6.49. The average molecular weight is 392 g/mol. The van der Waals surface area contributed by atoms with Crippen molar-refractivity contribution in [2.24, 2.45) is 0 Å². The maximum Gasteiger partial charge on any atom is 0.291 e. The molecular weight excluding hydrogens is 372 g/mol. The lowest BCUT2D eigenvalue weighted by molar-refractivity contribution is 0.340. The summed E-state index contributed by atoms with van der Waals surface area (Å²) in [4.78, 5) is 19.8. The van der Waals surface area contributed by atoms with E-state index in [1.165, 1.54) is 15.9 Å². The van der Waals surface area contributed by atoms with Crippen molar-refractivity contribution < 1.29 is 4.74 Å². The van der Waals surface area contributed by atoms with E-state index in [9.17, 15) is 4.79 Å². The summed E-state index contributed by atoms with van der Waals surface area (Å²) in [5.41, 5.74) is 2.78. The first-order valence-corrected chi connectivity index (χ1v) is 9.78. The van der Waals surface area contributed by atoms with E-state index in [4.69, 9.17) is 4.74 Å². The highest BCUT2D eigenvalue weighted by molar-refractivity contribution is 7.15. The van der Waals surface area contributed by atoms with Gasteiger partial charge in [-0.2, -0.15) is 9.50 Å². The molecule has 2 aromatic heterocycles. The van der Waals surface area contributed by atoms with Gasteiger partial charge in [-0.05, 0) is 55.0 Å². The van der Waals surface area contributed by atoms with Gasteiger partial charge in [0.1, 0.15) is 5.75 Å². The zero-order valence-electron chi connectivity index (χ0n) is 15.9. The molecule has 0 spiro atoms. The number of aromatic nitrogens is 3. The smallest absolute Gasteiger partial charge is 0.291 e. The van der Waals surface area contributed by atoms with Crippen molar-refractivity contribution in [1.29, 1.82) is 0 Å². The summed E-state index contributed by atoms with van der Waals surface area (Å²) >= 11 is 1.34. The molecule has 6 nitrogen and oxygen atoms in total. The minimum atomic E-state index is -0.152. The van der Waals surface area contributed by atoms with Crippen molar-refractivity contribution in [1.82, 2.24) is 14.6 Å². The van der Waals surface area contributed by atoms with Gasteiger partial charge in [-0.1, -0.05) is 23.5 Å². The van der Waals surface area contributed by atoms with Gasteiger partial charge >= 0.3 is 0 Å². The molecule has 0 saturated heterocycles. The molecule has 142 valence electrons. The summed E-state index contributed by atoms with van der Waals surface area (Å²) in [5, 5.41) is 4.39. The molecule has 0 aliphatic carbocycles. The topological polar surface area (TPSA) is 59.7 Å². The van der Waals surface area contributed by atoms with E-state index in [0.717, 1.165) is 22.6 Å². The molecule has 0 unspecified atom stereocenters. The van der Waals surface area contributed by atoms with E-state index in [1.807, 2.05) is 80.5 Å². The lowest BCUT2D eigenvalue weighted by Gasteiger charge is -2.11. The van der Waals surface area contributed by atoms with Gasteiger partial charge in [-0.3, -0.25) is 4.79 Å². The van der Waals surface area contributed by atoms with Crippen molar-refractivity contribution in [2.75, 3.05) is 25.6 Å². The maximum atomic E-state index is 12.7. The maximum absolute atomic E-state index is 12.7. The van der Waals surface area contributed by atoms with Crippen LogP contribution in [0.3, 0.4) is 0 Å². The van der Waals surface area contributed by atoms with Gasteiger partial charge in [0, 0.05) is 25.3 Å². The van der Waals surface area contributed by atoms with Gasteiger partial charge in [0.05, 0.1) is 11.1 Å². The standard InChI is InChI=1S/C21H20N4O2S/c1-4-27-17-11-7-15(8-12-17)19-22-21-25(23-19)20(26)18(28-21)13-14-5-9-16(10-6-14)24(2)3/h5-13H,4H2,1-3H3/b18-13-. The van der Waals surface area contributed by atoms with Crippen LogP contribution in [0.5, 0.6) is 5.75 Å². The number of ether oxygens (including phenoxy) is 1. The fraction of sp³-hybridized carbons (Fsp3) is 0.190. The van der Waals surface area contributed by atoms with Crippen molar-refractivity contribution in [2.45, 2.75) is 6.92 Å². The van der Waals surface area contributed by atoms with Gasteiger partial charge in [0.2, 0.25) is 4.96 Å². The first kappa shape index (κ1) is 18.2. The molecule has 0 atom stereocenters. The lowest BCUT2D eigenvalue weighted by atomic mass is 10.2. The number of thiazole rings is 1. The highest BCUT2D eigenvalue weighted by atomic mass is 32.1. The Bertz CT molecular complexity index is 1210. The van der Waals surface area contributed by atoms with E-state index in [0.29, 0.717) is 21.9 Å². The van der Waals surface area contributed by atoms with Crippen molar-refractivity contribution in [3.8, 4) is 17.1 Å². The van der Waals surface area contributed by atoms with Gasteiger partial charge < -0.3 is 9.64 Å². The molecule has 0 N–H and O–H groups in total. The number of anilines is 1. The van der Waals surface area contributed by atoms with Gasteiger partial charge in [0.15, 0.2) is 5.82 Å². The van der Waals surface area contributed by atoms with Crippen LogP contribution in [0.15, 0.2) is 53.3 Å². The lowest BCUT2D eigenvalue weighted by Crippen LogP contribution is -2.23. The number of rotatable bonds is 5. The van der Waals surface area contributed by atoms with Crippen LogP contribution in [-0.2, 0) is 0 Å². The van der Waals surface area contributed by atoms with Crippen LogP contribution >= 0.6 is 11.3 Å². The Kier molecular flexibility index (Phi) is 4.83. The zero-order chi connectivity index (χ0) is 19.7. The quantitative estimate of drug-likeness (QED) is 0.523. The predicted octanol–water partition coefficient (Wildman–Crippen LogP) is 2.83. The van der Waals surface area contributed by atoms with Crippen molar-refractivity contribution in [3.63, 3.8) is 0 Å². The first-order valence-electron chi connectivity index (χ1n) is 8.97. The Morgan fingerprint density at radius 1 is 1.11 bits per heavy atom. The van der Waals surface area contributed by atoms with Crippen LogP contribution in [0.1, 0.15) is 12.5 Å². The minimum Gasteiger partial charge on any atom is -0.494 e. The second-order valence-corrected chi connectivity index (χ2v) is 7.50. The molecule has 0 aliphatic rings. The molecule has 4 rings (SSSR count). The fourth-order valence-electron chi connectivity index (χ4n) is 2.84. The van der Waals surface area contributed by atoms with Gasteiger partial charge in [-0.15, -0.1) is 5.10 Å². The third-order valence-electron chi connectivity index (χ3n) is 4.31. The van der Waals surface area contributed by atoms with Crippen LogP contribution in [-0.4, -0.2) is 35.3 Å². The average Bonchev–Trinajstić information content (AvgIpc) is 3.23. The molecule has 2 aromatic carbocycles. The SMILES string of the molecule is CCOc1ccc(-c2nc3s/c(=C\c4ccc(N(C)C)cc4)c(=O)n3n2)cc1. The van der Waals surface area contributed by atoms with E-state index < -0.39 is 0 Å². The number of hydrogen-bond acceptors (Lipinski definition) is 6. The first-order chi connectivity index (χ1) is 13.5. The highest BCUT2D eigenvalue weighted by Gasteiger charge is 2.12. The molecule has 0 aliphatic heterocycles. The molecule has 7 heteroatoms. The summed E-state index contributed by atoms with van der Waals surface area (Å²) in [5.74, 6) is 1.34. The molecule has 0 saturated carbocycles. The normalized spacial score (nSPS) is 11.9. The Balaban J connectivity index is 1.67. The van der Waals surface area contributed by atoms with E-state index in [2.05, 4.69) is 10.1 Å². The summed E-state index contributed by atoms with van der Waals surface area (Å²) in [7, 11) is 3.99. The van der Waals surface area contributed by atoms with E-state index in [-0.39, 0.29) is 5.56 Å². The van der Waals surface area contributed by atoms with Crippen LogP contribution < -0.4 is 19.7 Å². The predicted molar refractivity (Wildman–Crippen MR) is 113 cm³/mol. The number of nitrogens with zero attached hydrogens (tertiary/aromatic N) is 4. The van der Waals surface area contributed by atoms with Gasteiger partial charge in [0.25, 0.3) is 5.56 Å². The third kappa shape index (κ3) is 3.48. The molecular formula is C21H20N4O2S. The fourth-order valence-corrected chi connectivity index (χ4v) is 3.75. The second kappa shape index (κ2) is 7.44. The molecule has 0 radical (unpaired) electrons. The van der Waals surface area contributed by atoms with Crippen LogP contribution in [0.2, 0.25) is 0 Å². The van der Waals surface area contributed by atoms with Crippen LogP contribution in [0.25, 0.3) is 22.4 Å². The van der Waals surface area contributed by atoms with Crippen molar-refractivity contribution >= 4 is 28.1 Å². The molecule has 28 heavy (non-hydrogen) atoms. The van der Waals surface area contributed by atoms with Gasteiger partial charge in [-0.25, -0.2) is 0 Å². The largest absolute Gasteiger partial charge is 0.494 e. The molecule has 0 fully saturated rings. The summed E-state index contributed by atoms with van der Waals surface area (Å²) < 4.78 is 7.44. The van der Waals surface area contributed by atoms with Crippen molar-refractivity contribution in [3.05, 3.63) is 69.0 Å². The Labute approximate surface area is 166 Å². The summed E-state index contributed by atoms with van der Waals surface area (Å²) in [6.45, 7) is 2.56. The van der Waals surface area contributed by atoms with E-state index in [1.54, 1.807) is 0 Å². The Morgan fingerprint density at radius 2 is 1.82 bits per heavy atom. The number of fused-ring (bicyclic) bond motifs is 1. The summed E-state index contributed by atoms with van der Waals surface area (Å²) in [6, 6.07) is 15.6. The van der Waals surface area contributed by atoms with E-state index >= 15 is 0 Å². The molecule has 2 heterocycles.